The van der Waals surface area contributed by atoms with Gasteiger partial charge in [0.15, 0.2) is 0 Å². The molecule has 21 heavy (non-hydrogen) atoms. The van der Waals surface area contributed by atoms with Gasteiger partial charge in [0.1, 0.15) is 17.9 Å². The van der Waals surface area contributed by atoms with Crippen LogP contribution in [0.5, 0.6) is 5.75 Å². The number of hydrogen-bond acceptors (Lipinski definition) is 5. The number of fused-ring (bicyclic) bond motifs is 1. The summed E-state index contributed by atoms with van der Waals surface area (Å²) in [5.74, 6) is 0.521. The van der Waals surface area contributed by atoms with E-state index in [4.69, 9.17) is 10.00 Å². The summed E-state index contributed by atoms with van der Waals surface area (Å²) in [6.07, 6.45) is 0. The Kier molecular flexibility index (Phi) is 4.05. The summed E-state index contributed by atoms with van der Waals surface area (Å²) in [5.41, 5.74) is -0.780. The third kappa shape index (κ3) is 2.93. The van der Waals surface area contributed by atoms with Crippen molar-refractivity contribution in [2.75, 3.05) is 13.7 Å². The highest BCUT2D eigenvalue weighted by atomic mass is 16.6. The number of hydrogen-bond donors (Lipinski definition) is 1. The van der Waals surface area contributed by atoms with E-state index in [-0.39, 0.29) is 12.3 Å². The first-order valence-corrected chi connectivity index (χ1v) is 6.40. The van der Waals surface area contributed by atoms with E-state index in [0.717, 1.165) is 0 Å². The number of nitro groups is 1. The fraction of sp³-hybridized carbons (Fsp3) is 0.267. The number of ether oxygens (including phenoxy) is 1. The second-order valence-electron chi connectivity index (χ2n) is 4.87. The second kappa shape index (κ2) is 5.77. The predicted octanol–water partition coefficient (Wildman–Crippen LogP) is 2.63. The number of likely N-dealkylation sites (N-methyl/N-ethyl adjacent to an activating group) is 1. The van der Waals surface area contributed by atoms with E-state index in [0.29, 0.717) is 16.5 Å². The van der Waals surface area contributed by atoms with Crippen molar-refractivity contribution in [1.82, 2.24) is 5.32 Å². The van der Waals surface area contributed by atoms with Crippen LogP contribution in [0, 0.1) is 21.4 Å². The van der Waals surface area contributed by atoms with Crippen molar-refractivity contribution in [2.24, 2.45) is 0 Å². The molecule has 0 spiro atoms. The normalized spacial score (nSPS) is 13.4. The molecule has 0 saturated heterocycles. The van der Waals surface area contributed by atoms with Crippen LogP contribution >= 0.6 is 0 Å². The molecule has 0 aliphatic carbocycles. The van der Waals surface area contributed by atoms with Crippen LogP contribution in [0.1, 0.15) is 6.92 Å². The summed E-state index contributed by atoms with van der Waals surface area (Å²) in [4.78, 5) is 10.6. The van der Waals surface area contributed by atoms with Crippen LogP contribution in [0.3, 0.4) is 0 Å². The zero-order valence-corrected chi connectivity index (χ0v) is 11.8. The molecule has 1 N–H and O–H groups in total. The van der Waals surface area contributed by atoms with Gasteiger partial charge in [-0.15, -0.1) is 0 Å². The van der Waals surface area contributed by atoms with E-state index in [1.807, 2.05) is 0 Å². The van der Waals surface area contributed by atoms with Crippen LogP contribution in [-0.4, -0.2) is 24.1 Å². The topological polar surface area (TPSA) is 88.2 Å². The number of non-ortho nitro benzene ring substituents is 1. The molecule has 0 amide bonds. The molecule has 0 aliphatic heterocycles. The minimum Gasteiger partial charge on any atom is -0.490 e. The van der Waals surface area contributed by atoms with E-state index >= 15 is 0 Å². The average Bonchev–Trinajstić information content (AvgIpc) is 2.52. The molecule has 0 aromatic heterocycles. The van der Waals surface area contributed by atoms with E-state index in [1.54, 1.807) is 44.3 Å². The summed E-state index contributed by atoms with van der Waals surface area (Å²) in [6, 6.07) is 12.1. The second-order valence-corrected chi connectivity index (χ2v) is 4.87. The lowest BCUT2D eigenvalue weighted by Crippen LogP contribution is -2.43. The highest BCUT2D eigenvalue weighted by molar-refractivity contribution is 5.95. The van der Waals surface area contributed by atoms with Gasteiger partial charge in [0.25, 0.3) is 5.69 Å². The summed E-state index contributed by atoms with van der Waals surface area (Å²) in [6.45, 7) is 1.86. The van der Waals surface area contributed by atoms with Gasteiger partial charge < -0.3 is 4.74 Å². The largest absolute Gasteiger partial charge is 0.490 e. The fourth-order valence-electron chi connectivity index (χ4n) is 1.92. The van der Waals surface area contributed by atoms with Gasteiger partial charge in [-0.1, -0.05) is 18.2 Å². The highest BCUT2D eigenvalue weighted by Crippen LogP contribution is 2.33. The van der Waals surface area contributed by atoms with Gasteiger partial charge in [-0.2, -0.15) is 5.26 Å². The number of nitrogens with one attached hydrogen (secondary N) is 1. The van der Waals surface area contributed by atoms with E-state index in [1.165, 1.54) is 6.07 Å². The third-order valence-corrected chi connectivity index (χ3v) is 3.37. The van der Waals surface area contributed by atoms with Gasteiger partial charge in [0.2, 0.25) is 0 Å². The Balaban J connectivity index is 2.41. The molecule has 2 rings (SSSR count). The van der Waals surface area contributed by atoms with Crippen LogP contribution < -0.4 is 10.1 Å². The van der Waals surface area contributed by atoms with Crippen LogP contribution in [-0.2, 0) is 0 Å². The zero-order chi connectivity index (χ0) is 15.5. The van der Waals surface area contributed by atoms with Crippen molar-refractivity contribution < 1.29 is 9.66 Å². The van der Waals surface area contributed by atoms with Gasteiger partial charge in [0.05, 0.1) is 16.4 Å². The molecule has 0 aliphatic rings. The highest BCUT2D eigenvalue weighted by Gasteiger charge is 2.23. The Morgan fingerprint density at radius 1 is 1.33 bits per heavy atom. The summed E-state index contributed by atoms with van der Waals surface area (Å²) in [7, 11) is 1.68. The third-order valence-electron chi connectivity index (χ3n) is 3.37. The molecule has 0 saturated carbocycles. The molecule has 108 valence electrons. The smallest absolute Gasteiger partial charge is 0.277 e. The number of benzene rings is 2. The number of nitro benzene ring substituents is 1. The maximum absolute atomic E-state index is 11.0. The summed E-state index contributed by atoms with van der Waals surface area (Å²) in [5, 5.41) is 24.2. The minimum atomic E-state index is -0.817. The maximum atomic E-state index is 11.0. The van der Waals surface area contributed by atoms with Crippen molar-refractivity contribution in [2.45, 2.75) is 12.5 Å². The molecule has 0 radical (unpaired) electrons. The number of nitrogens with zero attached hydrogens (tertiary/aromatic N) is 2. The molecule has 2 aromatic rings. The van der Waals surface area contributed by atoms with Crippen molar-refractivity contribution in [3.63, 3.8) is 0 Å². The minimum absolute atomic E-state index is 0.0367. The predicted molar refractivity (Wildman–Crippen MR) is 79.2 cm³/mol. The van der Waals surface area contributed by atoms with Gasteiger partial charge >= 0.3 is 0 Å². The first kappa shape index (κ1) is 14.8. The summed E-state index contributed by atoms with van der Waals surface area (Å²) >= 11 is 0. The van der Waals surface area contributed by atoms with Crippen LogP contribution in [0.4, 0.5) is 5.69 Å². The standard InChI is InChI=1S/C15H15N3O3/c1-15(9-16,17-2)10-21-14-8-7-13(18(19)20)11-5-3-4-6-12(11)14/h3-8,17H,10H2,1-2H3. The van der Waals surface area contributed by atoms with E-state index in [2.05, 4.69) is 11.4 Å². The summed E-state index contributed by atoms with van der Waals surface area (Å²) < 4.78 is 5.69. The monoisotopic (exact) mass is 285 g/mol. The molecule has 2 aromatic carbocycles. The first-order valence-electron chi connectivity index (χ1n) is 6.40. The van der Waals surface area contributed by atoms with Crippen molar-refractivity contribution in [3.05, 3.63) is 46.5 Å². The Labute approximate surface area is 122 Å². The van der Waals surface area contributed by atoms with Crippen molar-refractivity contribution >= 4 is 16.5 Å². The Morgan fingerprint density at radius 3 is 2.57 bits per heavy atom. The SMILES string of the molecule is CNC(C)(C#N)COc1ccc([N+](=O)[O-])c2ccccc12. The van der Waals surface area contributed by atoms with E-state index in [9.17, 15) is 10.1 Å². The molecule has 1 atom stereocenters. The molecular weight excluding hydrogens is 270 g/mol. The molecule has 0 fully saturated rings. The van der Waals surface area contributed by atoms with Crippen LogP contribution in [0.25, 0.3) is 10.8 Å². The average molecular weight is 285 g/mol. The fourth-order valence-corrected chi connectivity index (χ4v) is 1.92. The maximum Gasteiger partial charge on any atom is 0.277 e. The lowest BCUT2D eigenvalue weighted by Gasteiger charge is -2.21. The molecule has 6 nitrogen and oxygen atoms in total. The molecular formula is C15H15N3O3. The number of nitriles is 1. The van der Waals surface area contributed by atoms with E-state index < -0.39 is 10.5 Å². The first-order chi connectivity index (χ1) is 10.0. The van der Waals surface area contributed by atoms with Crippen molar-refractivity contribution in [3.8, 4) is 11.8 Å². The Bertz CT molecular complexity index is 724. The van der Waals surface area contributed by atoms with Gasteiger partial charge in [-0.25, -0.2) is 0 Å². The van der Waals surface area contributed by atoms with Gasteiger partial charge in [-0.05, 0) is 26.1 Å². The molecule has 0 bridgehead atoms. The van der Waals surface area contributed by atoms with Gasteiger partial charge in [-0.3, -0.25) is 15.4 Å². The van der Waals surface area contributed by atoms with Crippen LogP contribution in [0.2, 0.25) is 0 Å². The Morgan fingerprint density at radius 2 is 2.00 bits per heavy atom. The van der Waals surface area contributed by atoms with Crippen molar-refractivity contribution in [1.29, 1.82) is 5.26 Å². The zero-order valence-electron chi connectivity index (χ0n) is 11.8. The molecule has 1 unspecified atom stereocenters. The number of rotatable bonds is 5. The Hall–Kier alpha value is -2.65. The molecule has 0 heterocycles. The quantitative estimate of drug-likeness (QED) is 0.674. The lowest BCUT2D eigenvalue weighted by atomic mass is 10.1. The van der Waals surface area contributed by atoms with Gasteiger partial charge in [0, 0.05) is 11.5 Å². The van der Waals surface area contributed by atoms with Crippen LogP contribution in [0.15, 0.2) is 36.4 Å². The lowest BCUT2D eigenvalue weighted by molar-refractivity contribution is -0.383. The molecule has 6 heteroatoms.